The summed E-state index contributed by atoms with van der Waals surface area (Å²) < 4.78 is 5.43. The second kappa shape index (κ2) is 4.42. The Labute approximate surface area is 105 Å². The predicted octanol–water partition coefficient (Wildman–Crippen LogP) is 2.30. The van der Waals surface area contributed by atoms with E-state index in [1.807, 2.05) is 20.8 Å². The van der Waals surface area contributed by atoms with Crippen LogP contribution in [0.15, 0.2) is 22.7 Å². The molecule has 2 rings (SSSR count). The summed E-state index contributed by atoms with van der Waals surface area (Å²) in [6.07, 6.45) is 1.59. The summed E-state index contributed by atoms with van der Waals surface area (Å²) in [5.74, 6) is 0.326. The number of anilines is 1. The first-order valence-electron chi connectivity index (χ1n) is 5.71. The molecule has 0 unspecified atom stereocenters. The molecule has 5 nitrogen and oxygen atoms in total. The van der Waals surface area contributed by atoms with Crippen LogP contribution in [0.1, 0.15) is 26.5 Å². The lowest BCUT2D eigenvalue weighted by atomic mass is 9.95. The van der Waals surface area contributed by atoms with Crippen LogP contribution < -0.4 is 5.32 Å². The van der Waals surface area contributed by atoms with Crippen molar-refractivity contribution in [3.8, 4) is 0 Å². The highest BCUT2D eigenvalue weighted by Crippen LogP contribution is 2.26. The summed E-state index contributed by atoms with van der Waals surface area (Å²) in [6.45, 7) is 5.31. The fraction of sp³-hybridized carbons (Fsp3) is 0.385. The fourth-order valence-corrected chi connectivity index (χ4v) is 1.47. The van der Waals surface area contributed by atoms with Crippen molar-refractivity contribution in [1.29, 1.82) is 0 Å². The summed E-state index contributed by atoms with van der Waals surface area (Å²) in [5.41, 5.74) is 1.19. The van der Waals surface area contributed by atoms with Gasteiger partial charge in [-0.05, 0) is 6.07 Å². The standard InChI is InChI=1S/C13H16N2O3/c1-13(2,3)12(17)15-9-4-5-14-10-6-8(7-16)18-11(9)10/h4-6,16H,7H2,1-3H3,(H,14,15,17). The molecule has 0 fully saturated rings. The smallest absolute Gasteiger partial charge is 0.229 e. The molecule has 0 spiro atoms. The monoisotopic (exact) mass is 248 g/mol. The Balaban J connectivity index is 2.39. The van der Waals surface area contributed by atoms with Crippen LogP contribution in [0.2, 0.25) is 0 Å². The van der Waals surface area contributed by atoms with Crippen molar-refractivity contribution in [3.05, 3.63) is 24.1 Å². The lowest BCUT2D eigenvalue weighted by molar-refractivity contribution is -0.123. The Bertz CT molecular complexity index is 581. The van der Waals surface area contributed by atoms with Gasteiger partial charge in [0, 0.05) is 17.7 Å². The van der Waals surface area contributed by atoms with Gasteiger partial charge in [-0.3, -0.25) is 9.78 Å². The first-order valence-corrected chi connectivity index (χ1v) is 5.71. The predicted molar refractivity (Wildman–Crippen MR) is 68.0 cm³/mol. The van der Waals surface area contributed by atoms with Gasteiger partial charge < -0.3 is 14.8 Å². The molecular weight excluding hydrogens is 232 g/mol. The zero-order valence-corrected chi connectivity index (χ0v) is 10.7. The quantitative estimate of drug-likeness (QED) is 0.855. The zero-order valence-electron chi connectivity index (χ0n) is 10.7. The van der Waals surface area contributed by atoms with Crippen molar-refractivity contribution in [3.63, 3.8) is 0 Å². The van der Waals surface area contributed by atoms with Crippen molar-refractivity contribution < 1.29 is 14.3 Å². The third kappa shape index (κ3) is 2.36. The number of hydrogen-bond acceptors (Lipinski definition) is 4. The number of amides is 1. The molecule has 0 atom stereocenters. The second-order valence-electron chi connectivity index (χ2n) is 5.15. The van der Waals surface area contributed by atoms with Crippen molar-refractivity contribution in [2.24, 2.45) is 5.41 Å². The molecule has 5 heteroatoms. The van der Waals surface area contributed by atoms with E-state index >= 15 is 0 Å². The molecular formula is C13H16N2O3. The molecule has 1 amide bonds. The van der Waals surface area contributed by atoms with Crippen molar-refractivity contribution in [2.75, 3.05) is 5.32 Å². The molecule has 0 aromatic carbocycles. The summed E-state index contributed by atoms with van der Waals surface area (Å²) in [4.78, 5) is 16.1. The third-order valence-corrected chi connectivity index (χ3v) is 2.55. The van der Waals surface area contributed by atoms with Crippen LogP contribution in [0.5, 0.6) is 0 Å². The Morgan fingerprint density at radius 2 is 2.22 bits per heavy atom. The number of pyridine rings is 1. The summed E-state index contributed by atoms with van der Waals surface area (Å²) in [6, 6.07) is 3.33. The van der Waals surface area contributed by atoms with Gasteiger partial charge in [0.05, 0.1) is 5.69 Å². The molecule has 2 N–H and O–H groups in total. The molecule has 18 heavy (non-hydrogen) atoms. The van der Waals surface area contributed by atoms with Crippen LogP contribution in [0.25, 0.3) is 11.1 Å². The molecule has 2 heterocycles. The average molecular weight is 248 g/mol. The number of nitrogens with zero attached hydrogens (tertiary/aromatic N) is 1. The lowest BCUT2D eigenvalue weighted by Crippen LogP contribution is -2.27. The van der Waals surface area contributed by atoms with Crippen LogP contribution in [-0.2, 0) is 11.4 Å². The summed E-state index contributed by atoms with van der Waals surface area (Å²) >= 11 is 0. The number of nitrogens with one attached hydrogen (secondary N) is 1. The number of fused-ring (bicyclic) bond motifs is 1. The van der Waals surface area contributed by atoms with Gasteiger partial charge >= 0.3 is 0 Å². The first-order chi connectivity index (χ1) is 8.41. The number of aliphatic hydroxyl groups excluding tert-OH is 1. The van der Waals surface area contributed by atoms with Gasteiger partial charge in [0.25, 0.3) is 0 Å². The number of rotatable bonds is 2. The molecule has 0 aliphatic heterocycles. The molecule has 0 aliphatic rings. The number of hydrogen-bond donors (Lipinski definition) is 2. The van der Waals surface area contributed by atoms with E-state index in [0.29, 0.717) is 22.5 Å². The maximum Gasteiger partial charge on any atom is 0.229 e. The van der Waals surface area contributed by atoms with Gasteiger partial charge in [0.1, 0.15) is 17.9 Å². The molecule has 2 aromatic rings. The normalized spacial score (nSPS) is 11.8. The minimum atomic E-state index is -0.484. The van der Waals surface area contributed by atoms with E-state index in [2.05, 4.69) is 10.3 Å². The third-order valence-electron chi connectivity index (χ3n) is 2.55. The minimum absolute atomic E-state index is 0.100. The Morgan fingerprint density at radius 3 is 2.83 bits per heavy atom. The Hall–Kier alpha value is -1.88. The fourth-order valence-electron chi connectivity index (χ4n) is 1.47. The van der Waals surface area contributed by atoms with Crippen molar-refractivity contribution in [2.45, 2.75) is 27.4 Å². The Morgan fingerprint density at radius 1 is 1.50 bits per heavy atom. The van der Waals surface area contributed by atoms with Gasteiger partial charge in [0.15, 0.2) is 5.58 Å². The van der Waals surface area contributed by atoms with Gasteiger partial charge in [-0.2, -0.15) is 0 Å². The molecule has 2 aromatic heterocycles. The molecule has 0 aliphatic carbocycles. The van der Waals surface area contributed by atoms with Gasteiger partial charge in [-0.25, -0.2) is 0 Å². The number of aromatic nitrogens is 1. The maximum absolute atomic E-state index is 11.9. The van der Waals surface area contributed by atoms with E-state index in [4.69, 9.17) is 9.52 Å². The second-order valence-corrected chi connectivity index (χ2v) is 5.15. The molecule has 0 saturated heterocycles. The van der Waals surface area contributed by atoms with Crippen molar-refractivity contribution >= 4 is 22.7 Å². The number of aliphatic hydroxyl groups is 1. The highest BCUT2D eigenvalue weighted by molar-refractivity contribution is 6.00. The van der Waals surface area contributed by atoms with E-state index in [0.717, 1.165) is 0 Å². The van der Waals surface area contributed by atoms with E-state index in [1.54, 1.807) is 18.3 Å². The van der Waals surface area contributed by atoms with Crippen LogP contribution >= 0.6 is 0 Å². The lowest BCUT2D eigenvalue weighted by Gasteiger charge is -2.17. The van der Waals surface area contributed by atoms with E-state index in [9.17, 15) is 4.79 Å². The number of carbonyl (C=O) groups excluding carboxylic acids is 1. The van der Waals surface area contributed by atoms with Crippen LogP contribution in [-0.4, -0.2) is 16.0 Å². The largest absolute Gasteiger partial charge is 0.455 e. The van der Waals surface area contributed by atoms with Crippen molar-refractivity contribution in [1.82, 2.24) is 4.98 Å². The number of carbonyl (C=O) groups is 1. The maximum atomic E-state index is 11.9. The van der Waals surface area contributed by atoms with E-state index in [1.165, 1.54) is 0 Å². The van der Waals surface area contributed by atoms with Gasteiger partial charge in [0.2, 0.25) is 5.91 Å². The van der Waals surface area contributed by atoms with E-state index in [-0.39, 0.29) is 12.5 Å². The molecule has 96 valence electrons. The molecule has 0 radical (unpaired) electrons. The highest BCUT2D eigenvalue weighted by atomic mass is 16.4. The van der Waals surface area contributed by atoms with Gasteiger partial charge in [-0.1, -0.05) is 20.8 Å². The highest BCUT2D eigenvalue weighted by Gasteiger charge is 2.22. The van der Waals surface area contributed by atoms with Crippen LogP contribution in [0.3, 0.4) is 0 Å². The van der Waals surface area contributed by atoms with Gasteiger partial charge in [-0.15, -0.1) is 0 Å². The number of furan rings is 1. The topological polar surface area (TPSA) is 75.4 Å². The minimum Gasteiger partial charge on any atom is -0.455 e. The van der Waals surface area contributed by atoms with E-state index < -0.39 is 5.41 Å². The summed E-state index contributed by atoms with van der Waals surface area (Å²) in [7, 11) is 0. The molecule has 0 saturated carbocycles. The summed E-state index contributed by atoms with van der Waals surface area (Å²) in [5, 5.41) is 11.8. The van der Waals surface area contributed by atoms with Crippen LogP contribution in [0.4, 0.5) is 5.69 Å². The van der Waals surface area contributed by atoms with Crippen LogP contribution in [0, 0.1) is 5.41 Å². The Kier molecular flexibility index (Phi) is 3.09. The average Bonchev–Trinajstić information content (AvgIpc) is 2.71. The SMILES string of the molecule is CC(C)(C)C(=O)Nc1ccnc2cc(CO)oc12. The molecule has 0 bridgehead atoms. The zero-order chi connectivity index (χ0) is 13.3. The first kappa shape index (κ1) is 12.6.